The summed E-state index contributed by atoms with van der Waals surface area (Å²) in [5.74, 6) is -0.394. The molecule has 4 heteroatoms. The Kier molecular flexibility index (Phi) is 3.63. The first-order valence-corrected chi connectivity index (χ1v) is 5.21. The van der Waals surface area contributed by atoms with Gasteiger partial charge in [-0.2, -0.15) is 0 Å². The Balaban J connectivity index is 3.22. The van der Waals surface area contributed by atoms with Crippen molar-refractivity contribution < 1.29 is 9.53 Å². The normalized spacial score (nSPS) is 9.77. The highest BCUT2D eigenvalue weighted by Gasteiger charge is 2.14. The molecule has 0 spiro atoms. The summed E-state index contributed by atoms with van der Waals surface area (Å²) in [6.45, 7) is 0. The molecule has 0 unspecified atom stereocenters. The quantitative estimate of drug-likeness (QED) is 0.562. The van der Waals surface area contributed by atoms with Crippen LogP contribution in [0.1, 0.15) is 10.4 Å². The van der Waals surface area contributed by atoms with Crippen molar-refractivity contribution in [3.8, 4) is 0 Å². The van der Waals surface area contributed by atoms with Gasteiger partial charge in [-0.05, 0) is 18.4 Å². The van der Waals surface area contributed by atoms with E-state index in [0.29, 0.717) is 10.6 Å². The molecule has 0 aliphatic rings. The van der Waals surface area contributed by atoms with Gasteiger partial charge < -0.3 is 4.74 Å². The van der Waals surface area contributed by atoms with Crippen LogP contribution in [-0.2, 0) is 4.74 Å². The lowest BCUT2D eigenvalue weighted by atomic mass is 10.2. The zero-order valence-electron chi connectivity index (χ0n) is 7.33. The van der Waals surface area contributed by atoms with Crippen LogP contribution in [0.25, 0.3) is 0 Å². The third-order valence-corrected chi connectivity index (χ3v) is 2.68. The summed E-state index contributed by atoms with van der Waals surface area (Å²) in [5, 5.41) is 0.429. The number of hydrogen-bond donors (Lipinski definition) is 0. The van der Waals surface area contributed by atoms with Crippen LogP contribution in [0.5, 0.6) is 0 Å². The molecule has 0 bridgehead atoms. The summed E-state index contributed by atoms with van der Waals surface area (Å²) < 4.78 is 4.62. The van der Waals surface area contributed by atoms with Crippen LogP contribution >= 0.6 is 23.4 Å². The molecule has 0 amide bonds. The van der Waals surface area contributed by atoms with Crippen LogP contribution in [0.3, 0.4) is 0 Å². The molecule has 2 nitrogen and oxygen atoms in total. The number of thioether (sulfide) groups is 1. The molecular weight excluding hydrogens is 208 g/mol. The number of esters is 1. The monoisotopic (exact) mass is 216 g/mol. The fraction of sp³-hybridized carbons (Fsp3) is 0.222. The van der Waals surface area contributed by atoms with Gasteiger partial charge in [-0.25, -0.2) is 4.79 Å². The number of carbonyl (C=O) groups excluding carboxylic acids is 1. The van der Waals surface area contributed by atoms with Crippen molar-refractivity contribution in [3.63, 3.8) is 0 Å². The zero-order chi connectivity index (χ0) is 9.84. The minimum atomic E-state index is -0.394. The average Bonchev–Trinajstić information content (AvgIpc) is 2.16. The summed E-state index contributed by atoms with van der Waals surface area (Å²) >= 11 is 7.34. The molecule has 0 atom stereocenters. The fourth-order valence-corrected chi connectivity index (χ4v) is 1.89. The second-order valence-electron chi connectivity index (χ2n) is 2.31. The molecule has 0 heterocycles. The van der Waals surface area contributed by atoms with Crippen LogP contribution in [0, 0.1) is 0 Å². The number of benzene rings is 1. The molecule has 0 N–H and O–H groups in total. The fourth-order valence-electron chi connectivity index (χ4n) is 0.975. The van der Waals surface area contributed by atoms with Crippen molar-refractivity contribution >= 4 is 29.3 Å². The Bertz CT molecular complexity index is 325. The van der Waals surface area contributed by atoms with Crippen molar-refractivity contribution in [2.24, 2.45) is 0 Å². The van der Waals surface area contributed by atoms with Crippen molar-refractivity contribution in [1.29, 1.82) is 0 Å². The highest BCUT2D eigenvalue weighted by atomic mass is 35.5. The predicted octanol–water partition coefficient (Wildman–Crippen LogP) is 2.85. The first-order valence-electron chi connectivity index (χ1n) is 3.61. The van der Waals surface area contributed by atoms with Gasteiger partial charge in [-0.1, -0.05) is 17.7 Å². The highest BCUT2D eigenvalue weighted by molar-refractivity contribution is 7.98. The number of hydrogen-bond acceptors (Lipinski definition) is 3. The van der Waals surface area contributed by atoms with Crippen molar-refractivity contribution in [2.45, 2.75) is 4.90 Å². The average molecular weight is 217 g/mol. The van der Waals surface area contributed by atoms with E-state index in [4.69, 9.17) is 11.6 Å². The summed E-state index contributed by atoms with van der Waals surface area (Å²) in [6.07, 6.45) is 1.89. The zero-order valence-corrected chi connectivity index (χ0v) is 8.91. The van der Waals surface area contributed by atoms with Crippen molar-refractivity contribution in [1.82, 2.24) is 0 Å². The van der Waals surface area contributed by atoms with Gasteiger partial charge in [0.1, 0.15) is 0 Å². The van der Waals surface area contributed by atoms with Gasteiger partial charge in [-0.15, -0.1) is 11.8 Å². The topological polar surface area (TPSA) is 26.3 Å². The molecule has 13 heavy (non-hydrogen) atoms. The Morgan fingerprint density at radius 2 is 2.23 bits per heavy atom. The van der Waals surface area contributed by atoms with Gasteiger partial charge in [0, 0.05) is 4.90 Å². The number of ether oxygens (including phenoxy) is 1. The molecule has 1 rings (SSSR count). The van der Waals surface area contributed by atoms with Gasteiger partial charge >= 0.3 is 5.97 Å². The lowest BCUT2D eigenvalue weighted by molar-refractivity contribution is 0.0597. The Hall–Kier alpha value is -0.670. The van der Waals surface area contributed by atoms with E-state index in [9.17, 15) is 4.79 Å². The van der Waals surface area contributed by atoms with Gasteiger partial charge in [0.05, 0.1) is 17.7 Å². The number of rotatable bonds is 2. The molecule has 0 saturated heterocycles. The van der Waals surface area contributed by atoms with Gasteiger partial charge in [0.15, 0.2) is 0 Å². The Morgan fingerprint density at radius 3 is 2.77 bits per heavy atom. The minimum absolute atomic E-state index is 0.394. The van der Waals surface area contributed by atoms with Crippen molar-refractivity contribution in [2.75, 3.05) is 13.4 Å². The summed E-state index contributed by atoms with van der Waals surface area (Å²) in [7, 11) is 1.34. The molecule has 0 aromatic heterocycles. The van der Waals surface area contributed by atoms with E-state index in [1.54, 1.807) is 12.1 Å². The standard InChI is InChI=1S/C9H9ClO2S/c1-12-9(11)8-6(10)4-3-5-7(8)13-2/h3-5H,1-2H3. The van der Waals surface area contributed by atoms with E-state index < -0.39 is 5.97 Å². The maximum atomic E-state index is 11.3. The molecule has 70 valence electrons. The van der Waals surface area contributed by atoms with E-state index in [0.717, 1.165) is 4.90 Å². The number of carbonyl (C=O) groups is 1. The highest BCUT2D eigenvalue weighted by Crippen LogP contribution is 2.27. The van der Waals surface area contributed by atoms with Crippen LogP contribution < -0.4 is 0 Å². The smallest absolute Gasteiger partial charge is 0.340 e. The first kappa shape index (κ1) is 10.4. The minimum Gasteiger partial charge on any atom is -0.465 e. The summed E-state index contributed by atoms with van der Waals surface area (Å²) in [6, 6.07) is 5.32. The molecular formula is C9H9ClO2S. The van der Waals surface area contributed by atoms with E-state index >= 15 is 0 Å². The third-order valence-electron chi connectivity index (χ3n) is 1.58. The molecule has 1 aromatic rings. The van der Waals surface area contributed by atoms with Crippen LogP contribution in [0.4, 0.5) is 0 Å². The predicted molar refractivity (Wildman–Crippen MR) is 54.6 cm³/mol. The van der Waals surface area contributed by atoms with Crippen LogP contribution in [-0.4, -0.2) is 19.3 Å². The Morgan fingerprint density at radius 1 is 1.54 bits per heavy atom. The molecule has 0 aliphatic carbocycles. The third kappa shape index (κ3) is 2.17. The lowest BCUT2D eigenvalue weighted by Gasteiger charge is -2.06. The molecule has 0 saturated carbocycles. The Labute approximate surface area is 86.2 Å². The SMILES string of the molecule is COC(=O)c1c(Cl)cccc1SC. The van der Waals surface area contributed by atoms with Gasteiger partial charge in [0.2, 0.25) is 0 Å². The second-order valence-corrected chi connectivity index (χ2v) is 3.56. The lowest BCUT2D eigenvalue weighted by Crippen LogP contribution is -2.03. The molecule has 0 fully saturated rings. The maximum Gasteiger partial charge on any atom is 0.340 e. The van der Waals surface area contributed by atoms with Gasteiger partial charge in [-0.3, -0.25) is 0 Å². The van der Waals surface area contributed by atoms with Crippen LogP contribution in [0.2, 0.25) is 5.02 Å². The molecule has 0 aliphatic heterocycles. The van der Waals surface area contributed by atoms with E-state index in [1.165, 1.54) is 18.9 Å². The van der Waals surface area contributed by atoms with Crippen LogP contribution in [0.15, 0.2) is 23.1 Å². The van der Waals surface area contributed by atoms with Crippen molar-refractivity contribution in [3.05, 3.63) is 28.8 Å². The van der Waals surface area contributed by atoms with Gasteiger partial charge in [0.25, 0.3) is 0 Å². The number of halogens is 1. The molecule has 1 aromatic carbocycles. The van der Waals surface area contributed by atoms with E-state index in [-0.39, 0.29) is 0 Å². The summed E-state index contributed by atoms with van der Waals surface area (Å²) in [4.78, 5) is 12.1. The largest absolute Gasteiger partial charge is 0.465 e. The number of methoxy groups -OCH3 is 1. The second kappa shape index (κ2) is 4.53. The molecule has 0 radical (unpaired) electrons. The maximum absolute atomic E-state index is 11.3. The summed E-state index contributed by atoms with van der Waals surface area (Å²) in [5.41, 5.74) is 0.444. The first-order chi connectivity index (χ1) is 6.20. The van der Waals surface area contributed by atoms with E-state index in [2.05, 4.69) is 4.74 Å². The van der Waals surface area contributed by atoms with E-state index in [1.807, 2.05) is 12.3 Å².